The molecule has 1 saturated heterocycles. The number of aromatic nitrogens is 1. The fraction of sp³-hybridized carbons (Fsp3) is 0.278. The molecule has 1 aliphatic rings. The molecule has 2 heterocycles. The number of benzene rings is 2. The Bertz CT molecular complexity index is 958. The van der Waals surface area contributed by atoms with Crippen molar-refractivity contribution in [1.82, 2.24) is 9.29 Å². The lowest BCUT2D eigenvalue weighted by atomic mass is 9.98. The van der Waals surface area contributed by atoms with E-state index in [0.717, 1.165) is 15.6 Å². The Morgan fingerprint density at radius 3 is 2.40 bits per heavy atom. The van der Waals surface area contributed by atoms with E-state index in [1.165, 1.54) is 0 Å². The molecule has 1 aliphatic heterocycles. The maximum Gasteiger partial charge on any atom is 0.243 e. The van der Waals surface area contributed by atoms with Crippen LogP contribution in [0.2, 0.25) is 0 Å². The number of sulfonamides is 1. The van der Waals surface area contributed by atoms with Crippen LogP contribution in [0.15, 0.2) is 62.3 Å². The van der Waals surface area contributed by atoms with Crippen LogP contribution in [-0.2, 0) is 10.0 Å². The van der Waals surface area contributed by atoms with Gasteiger partial charge in [0.1, 0.15) is 5.52 Å². The van der Waals surface area contributed by atoms with E-state index in [2.05, 4.69) is 20.9 Å². The smallest absolute Gasteiger partial charge is 0.243 e. The second-order valence-corrected chi connectivity index (χ2v) is 9.01. The van der Waals surface area contributed by atoms with Crippen LogP contribution in [0.3, 0.4) is 0 Å². The van der Waals surface area contributed by atoms with E-state index in [4.69, 9.17) is 4.42 Å². The lowest BCUT2D eigenvalue weighted by molar-refractivity contribution is 0.293. The van der Waals surface area contributed by atoms with E-state index in [0.29, 0.717) is 36.7 Å². The largest absolute Gasteiger partial charge is 0.440 e. The lowest BCUT2D eigenvalue weighted by Crippen LogP contribution is -2.37. The molecule has 0 amide bonds. The topological polar surface area (TPSA) is 63.4 Å². The maximum absolute atomic E-state index is 12.8. The summed E-state index contributed by atoms with van der Waals surface area (Å²) in [4.78, 5) is 4.88. The summed E-state index contributed by atoms with van der Waals surface area (Å²) in [5.74, 6) is 0.866. The third kappa shape index (κ3) is 3.23. The Morgan fingerprint density at radius 1 is 1.04 bits per heavy atom. The normalized spacial score (nSPS) is 17.2. The number of oxazole rings is 1. The predicted octanol–water partition coefficient (Wildman–Crippen LogP) is 4.16. The van der Waals surface area contributed by atoms with Crippen molar-refractivity contribution in [2.45, 2.75) is 23.7 Å². The Kier molecular flexibility index (Phi) is 4.39. The minimum Gasteiger partial charge on any atom is -0.440 e. The highest BCUT2D eigenvalue weighted by Crippen LogP contribution is 2.32. The van der Waals surface area contributed by atoms with E-state index in [1.807, 2.05) is 24.3 Å². The van der Waals surface area contributed by atoms with E-state index >= 15 is 0 Å². The number of rotatable bonds is 3. The van der Waals surface area contributed by atoms with Gasteiger partial charge in [0.15, 0.2) is 11.5 Å². The van der Waals surface area contributed by atoms with Crippen molar-refractivity contribution < 1.29 is 12.8 Å². The predicted molar refractivity (Wildman–Crippen MR) is 98.9 cm³/mol. The standard InChI is InChI=1S/C18H17BrN2O3S/c19-14-5-7-15(8-6-14)25(22,23)21-11-9-13(10-12-21)18-20-16-3-1-2-4-17(16)24-18/h1-8,13H,9-12H2. The molecular weight excluding hydrogens is 404 g/mol. The Labute approximate surface area is 154 Å². The molecular formula is C18H17BrN2O3S. The van der Waals surface area contributed by atoms with E-state index in [9.17, 15) is 8.42 Å². The highest BCUT2D eigenvalue weighted by molar-refractivity contribution is 9.10. The first-order chi connectivity index (χ1) is 12.0. The zero-order chi connectivity index (χ0) is 17.4. The van der Waals surface area contributed by atoms with Crippen molar-refractivity contribution in [2.24, 2.45) is 0 Å². The number of nitrogens with zero attached hydrogens (tertiary/aromatic N) is 2. The Balaban J connectivity index is 1.50. The molecule has 25 heavy (non-hydrogen) atoms. The van der Waals surface area contributed by atoms with Crippen LogP contribution in [0.1, 0.15) is 24.7 Å². The first-order valence-corrected chi connectivity index (χ1v) is 10.4. The van der Waals surface area contributed by atoms with Gasteiger partial charge in [-0.05, 0) is 49.2 Å². The average molecular weight is 421 g/mol. The summed E-state index contributed by atoms with van der Waals surface area (Å²) in [6.07, 6.45) is 1.42. The van der Waals surface area contributed by atoms with Crippen LogP contribution in [0.5, 0.6) is 0 Å². The molecule has 0 N–H and O–H groups in total. The number of hydrogen-bond donors (Lipinski definition) is 0. The first-order valence-electron chi connectivity index (χ1n) is 8.15. The van der Waals surface area contributed by atoms with Crippen LogP contribution < -0.4 is 0 Å². The molecule has 3 aromatic rings. The summed E-state index contributed by atoms with van der Waals surface area (Å²) in [6.45, 7) is 0.948. The fourth-order valence-electron chi connectivity index (χ4n) is 3.16. The van der Waals surface area contributed by atoms with Crippen molar-refractivity contribution in [3.05, 3.63) is 58.9 Å². The highest BCUT2D eigenvalue weighted by Gasteiger charge is 2.31. The van der Waals surface area contributed by atoms with Gasteiger partial charge in [0, 0.05) is 23.5 Å². The summed E-state index contributed by atoms with van der Waals surface area (Å²) < 4.78 is 33.8. The van der Waals surface area contributed by atoms with Gasteiger partial charge in [-0.3, -0.25) is 0 Å². The molecule has 0 unspecified atom stereocenters. The SMILES string of the molecule is O=S(=O)(c1ccc(Br)cc1)N1CCC(c2nc3ccccc3o2)CC1. The summed E-state index contributed by atoms with van der Waals surface area (Å²) in [5, 5.41) is 0. The summed E-state index contributed by atoms with van der Waals surface area (Å²) in [6, 6.07) is 14.4. The zero-order valence-electron chi connectivity index (χ0n) is 13.4. The van der Waals surface area contributed by atoms with Crippen LogP contribution in [0.25, 0.3) is 11.1 Å². The van der Waals surface area contributed by atoms with Gasteiger partial charge in [0.05, 0.1) is 4.90 Å². The van der Waals surface area contributed by atoms with Crippen LogP contribution in [-0.4, -0.2) is 30.8 Å². The van der Waals surface area contributed by atoms with Gasteiger partial charge >= 0.3 is 0 Å². The van der Waals surface area contributed by atoms with E-state index in [-0.39, 0.29) is 5.92 Å². The van der Waals surface area contributed by atoms with Crippen LogP contribution >= 0.6 is 15.9 Å². The quantitative estimate of drug-likeness (QED) is 0.637. The molecule has 0 bridgehead atoms. The van der Waals surface area contributed by atoms with Crippen molar-refractivity contribution in [2.75, 3.05) is 13.1 Å². The lowest BCUT2D eigenvalue weighted by Gasteiger charge is -2.29. The molecule has 4 rings (SSSR count). The first kappa shape index (κ1) is 16.8. The van der Waals surface area contributed by atoms with Crippen molar-refractivity contribution >= 4 is 37.1 Å². The van der Waals surface area contributed by atoms with E-state index < -0.39 is 10.0 Å². The van der Waals surface area contributed by atoms with Gasteiger partial charge < -0.3 is 4.42 Å². The van der Waals surface area contributed by atoms with Gasteiger partial charge in [0.25, 0.3) is 0 Å². The van der Waals surface area contributed by atoms with Gasteiger partial charge in [-0.1, -0.05) is 28.1 Å². The van der Waals surface area contributed by atoms with Crippen LogP contribution in [0, 0.1) is 0 Å². The molecule has 5 nitrogen and oxygen atoms in total. The molecule has 2 aromatic carbocycles. The molecule has 1 fully saturated rings. The molecule has 0 spiro atoms. The number of hydrogen-bond acceptors (Lipinski definition) is 4. The summed E-state index contributed by atoms with van der Waals surface area (Å²) in [5.41, 5.74) is 1.63. The summed E-state index contributed by atoms with van der Waals surface area (Å²) >= 11 is 3.33. The van der Waals surface area contributed by atoms with Gasteiger partial charge in [0.2, 0.25) is 10.0 Å². The van der Waals surface area contributed by atoms with Crippen LogP contribution in [0.4, 0.5) is 0 Å². The fourth-order valence-corrected chi connectivity index (χ4v) is 4.90. The molecule has 0 radical (unpaired) electrons. The Morgan fingerprint density at radius 2 is 1.72 bits per heavy atom. The molecule has 0 aliphatic carbocycles. The van der Waals surface area contributed by atoms with Crippen molar-refractivity contribution in [1.29, 1.82) is 0 Å². The average Bonchev–Trinajstić information content (AvgIpc) is 3.06. The number of fused-ring (bicyclic) bond motifs is 1. The molecule has 130 valence electrons. The van der Waals surface area contributed by atoms with Crippen molar-refractivity contribution in [3.63, 3.8) is 0 Å². The zero-order valence-corrected chi connectivity index (χ0v) is 15.8. The van der Waals surface area contributed by atoms with Gasteiger partial charge in [-0.2, -0.15) is 4.31 Å². The second kappa shape index (κ2) is 6.55. The van der Waals surface area contributed by atoms with Gasteiger partial charge in [-0.15, -0.1) is 0 Å². The van der Waals surface area contributed by atoms with Gasteiger partial charge in [-0.25, -0.2) is 13.4 Å². The molecule has 1 aromatic heterocycles. The number of para-hydroxylation sites is 2. The molecule has 0 saturated carbocycles. The minimum absolute atomic E-state index is 0.156. The highest BCUT2D eigenvalue weighted by atomic mass is 79.9. The Hall–Kier alpha value is -1.70. The number of piperidine rings is 1. The third-order valence-corrected chi connectivity index (χ3v) is 7.01. The van der Waals surface area contributed by atoms with Crippen molar-refractivity contribution in [3.8, 4) is 0 Å². The number of halogens is 1. The second-order valence-electron chi connectivity index (χ2n) is 6.15. The maximum atomic E-state index is 12.8. The molecule has 0 atom stereocenters. The van der Waals surface area contributed by atoms with E-state index in [1.54, 1.807) is 28.6 Å². The minimum atomic E-state index is -3.45. The monoisotopic (exact) mass is 420 g/mol. The molecule has 7 heteroatoms. The summed E-state index contributed by atoms with van der Waals surface area (Å²) in [7, 11) is -3.45. The third-order valence-electron chi connectivity index (χ3n) is 4.57.